The number of rotatable bonds is 9. The minimum Gasteiger partial charge on any atom is -0.453 e. The number of methoxy groups -OCH3 is 1. The maximum absolute atomic E-state index is 13.2. The number of amides is 2. The Kier molecular flexibility index (Phi) is 7.98. The fraction of sp³-hybridized carbons (Fsp3) is 0.714. The molecule has 2 heterocycles. The van der Waals surface area contributed by atoms with E-state index in [1.165, 1.54) is 7.11 Å². The summed E-state index contributed by atoms with van der Waals surface area (Å²) in [7, 11) is 1.35. The van der Waals surface area contributed by atoms with Crippen LogP contribution in [0.4, 0.5) is 4.79 Å². The summed E-state index contributed by atoms with van der Waals surface area (Å²) in [5.41, 5.74) is 1.88. The van der Waals surface area contributed by atoms with E-state index in [-0.39, 0.29) is 18.0 Å². The summed E-state index contributed by atoms with van der Waals surface area (Å²) in [6, 6.07) is 2.03. The van der Waals surface area contributed by atoms with Crippen molar-refractivity contribution in [1.29, 1.82) is 0 Å². The standard InChI is InChI=1S/C21H33N5O4/c1-4-15-12-16(6-5-9-23-21(28)29-3)25-19(24-15)14(2)26(17-7-8-17)20(27)18-13-22-10-11-30-18/h12,14,17-18,22H,4-11,13H2,1-3H3,(H,23,28)/t14-,18-/m1/s1. The minimum atomic E-state index is -0.444. The molecule has 2 amide bonds. The Morgan fingerprint density at radius 1 is 1.37 bits per heavy atom. The molecule has 166 valence electrons. The molecule has 9 nitrogen and oxygen atoms in total. The van der Waals surface area contributed by atoms with E-state index in [4.69, 9.17) is 14.7 Å². The molecule has 0 radical (unpaired) electrons. The van der Waals surface area contributed by atoms with E-state index >= 15 is 0 Å². The third kappa shape index (κ3) is 5.89. The predicted octanol–water partition coefficient (Wildman–Crippen LogP) is 1.37. The van der Waals surface area contributed by atoms with Crippen molar-refractivity contribution in [3.05, 3.63) is 23.3 Å². The van der Waals surface area contributed by atoms with Crippen LogP contribution in [0.15, 0.2) is 6.07 Å². The summed E-state index contributed by atoms with van der Waals surface area (Å²) >= 11 is 0. The fourth-order valence-corrected chi connectivity index (χ4v) is 3.66. The number of aryl methyl sites for hydroxylation is 2. The van der Waals surface area contributed by atoms with Crippen LogP contribution >= 0.6 is 0 Å². The highest BCUT2D eigenvalue weighted by atomic mass is 16.5. The maximum atomic E-state index is 13.2. The Bertz CT molecular complexity index is 734. The molecule has 3 rings (SSSR count). The van der Waals surface area contributed by atoms with Gasteiger partial charge < -0.3 is 25.0 Å². The number of carbonyl (C=O) groups is 2. The van der Waals surface area contributed by atoms with E-state index in [9.17, 15) is 9.59 Å². The van der Waals surface area contributed by atoms with Crippen molar-refractivity contribution in [2.24, 2.45) is 0 Å². The van der Waals surface area contributed by atoms with Crippen molar-refractivity contribution in [3.8, 4) is 0 Å². The molecule has 1 aromatic rings. The largest absolute Gasteiger partial charge is 0.453 e. The lowest BCUT2D eigenvalue weighted by Crippen LogP contribution is -2.50. The zero-order valence-electron chi connectivity index (χ0n) is 18.1. The maximum Gasteiger partial charge on any atom is 0.406 e. The van der Waals surface area contributed by atoms with Crippen LogP contribution in [-0.2, 0) is 27.1 Å². The lowest BCUT2D eigenvalue weighted by atomic mass is 10.1. The molecule has 0 aromatic carbocycles. The Labute approximate surface area is 177 Å². The molecule has 0 unspecified atom stereocenters. The van der Waals surface area contributed by atoms with Gasteiger partial charge in [-0.15, -0.1) is 0 Å². The molecule has 30 heavy (non-hydrogen) atoms. The summed E-state index contributed by atoms with van der Waals surface area (Å²) in [5.74, 6) is 0.695. The van der Waals surface area contributed by atoms with Crippen molar-refractivity contribution in [1.82, 2.24) is 25.5 Å². The van der Waals surface area contributed by atoms with Crippen molar-refractivity contribution in [2.45, 2.75) is 64.1 Å². The van der Waals surface area contributed by atoms with Crippen molar-refractivity contribution < 1.29 is 19.1 Å². The van der Waals surface area contributed by atoms with Crippen LogP contribution < -0.4 is 10.6 Å². The molecular formula is C21H33N5O4. The van der Waals surface area contributed by atoms with Gasteiger partial charge in [0.25, 0.3) is 5.91 Å². The van der Waals surface area contributed by atoms with E-state index in [0.717, 1.165) is 43.6 Å². The molecule has 1 saturated heterocycles. The predicted molar refractivity (Wildman–Crippen MR) is 111 cm³/mol. The highest BCUT2D eigenvalue weighted by Gasteiger charge is 2.40. The number of alkyl carbamates (subject to hydrolysis) is 1. The third-order valence-electron chi connectivity index (χ3n) is 5.46. The summed E-state index contributed by atoms with van der Waals surface area (Å²) in [6.07, 6.45) is 3.40. The number of ether oxygens (including phenoxy) is 2. The molecule has 2 aliphatic rings. The van der Waals surface area contributed by atoms with E-state index in [1.807, 2.05) is 17.9 Å². The number of hydrogen-bond acceptors (Lipinski definition) is 7. The third-order valence-corrected chi connectivity index (χ3v) is 5.46. The van der Waals surface area contributed by atoms with Crippen LogP contribution in [0.2, 0.25) is 0 Å². The van der Waals surface area contributed by atoms with Crippen LogP contribution in [0.3, 0.4) is 0 Å². The van der Waals surface area contributed by atoms with Gasteiger partial charge in [0.2, 0.25) is 0 Å². The molecule has 0 bridgehead atoms. The van der Waals surface area contributed by atoms with E-state index in [0.29, 0.717) is 31.9 Å². The van der Waals surface area contributed by atoms with Crippen molar-refractivity contribution >= 4 is 12.0 Å². The quantitative estimate of drug-likeness (QED) is 0.582. The minimum absolute atomic E-state index is 0.0199. The van der Waals surface area contributed by atoms with Crippen LogP contribution in [-0.4, -0.2) is 72.4 Å². The van der Waals surface area contributed by atoms with Crippen LogP contribution in [0.25, 0.3) is 0 Å². The monoisotopic (exact) mass is 419 g/mol. The molecule has 2 N–H and O–H groups in total. The van der Waals surface area contributed by atoms with Gasteiger partial charge in [-0.1, -0.05) is 6.92 Å². The van der Waals surface area contributed by atoms with Crippen LogP contribution in [0.1, 0.15) is 56.4 Å². The topological polar surface area (TPSA) is 106 Å². The zero-order chi connectivity index (χ0) is 21.5. The first kappa shape index (κ1) is 22.4. The first-order valence-corrected chi connectivity index (χ1v) is 10.9. The lowest BCUT2D eigenvalue weighted by molar-refractivity contribution is -0.148. The van der Waals surface area contributed by atoms with E-state index in [1.54, 1.807) is 0 Å². The molecule has 1 aromatic heterocycles. The second kappa shape index (κ2) is 10.7. The first-order chi connectivity index (χ1) is 14.5. The normalized spacial score (nSPS) is 19.8. The highest BCUT2D eigenvalue weighted by Crippen LogP contribution is 2.34. The van der Waals surface area contributed by atoms with Gasteiger partial charge in [0.05, 0.1) is 19.8 Å². The molecule has 0 spiro atoms. The average Bonchev–Trinajstić information content (AvgIpc) is 3.61. The van der Waals surface area contributed by atoms with Gasteiger partial charge in [-0.2, -0.15) is 0 Å². The van der Waals surface area contributed by atoms with Crippen LogP contribution in [0.5, 0.6) is 0 Å². The summed E-state index contributed by atoms with van der Waals surface area (Å²) < 4.78 is 10.3. The highest BCUT2D eigenvalue weighted by molar-refractivity contribution is 5.82. The smallest absolute Gasteiger partial charge is 0.406 e. The number of morpholine rings is 1. The number of carbonyl (C=O) groups excluding carboxylic acids is 2. The van der Waals surface area contributed by atoms with E-state index in [2.05, 4.69) is 22.3 Å². The zero-order valence-corrected chi connectivity index (χ0v) is 18.1. The van der Waals surface area contributed by atoms with Gasteiger partial charge in [0.1, 0.15) is 6.10 Å². The summed E-state index contributed by atoms with van der Waals surface area (Å²) in [6.45, 7) is 6.45. The molecule has 2 atom stereocenters. The summed E-state index contributed by atoms with van der Waals surface area (Å²) in [4.78, 5) is 35.8. The van der Waals surface area contributed by atoms with Crippen LogP contribution in [0, 0.1) is 0 Å². The number of nitrogens with one attached hydrogen (secondary N) is 2. The second-order valence-corrected chi connectivity index (χ2v) is 7.80. The van der Waals surface area contributed by atoms with Crippen molar-refractivity contribution in [2.75, 3.05) is 33.4 Å². The molecule has 2 fully saturated rings. The first-order valence-electron chi connectivity index (χ1n) is 10.9. The lowest BCUT2D eigenvalue weighted by Gasteiger charge is -2.33. The number of hydrogen-bond donors (Lipinski definition) is 2. The SMILES string of the molecule is CCc1cc(CCCNC(=O)OC)nc([C@@H](C)N(C(=O)[C@H]2CNCCO2)C2CC2)n1. The van der Waals surface area contributed by atoms with Gasteiger partial charge in [0, 0.05) is 37.1 Å². The van der Waals surface area contributed by atoms with E-state index < -0.39 is 12.2 Å². The Morgan fingerprint density at radius 3 is 2.77 bits per heavy atom. The number of nitrogens with zero attached hydrogens (tertiary/aromatic N) is 3. The summed E-state index contributed by atoms with van der Waals surface area (Å²) in [5, 5.41) is 5.92. The average molecular weight is 420 g/mol. The molecular weight excluding hydrogens is 386 g/mol. The Balaban J connectivity index is 1.71. The fourth-order valence-electron chi connectivity index (χ4n) is 3.66. The van der Waals surface area contributed by atoms with Gasteiger partial charge in [0.15, 0.2) is 5.82 Å². The van der Waals surface area contributed by atoms with Crippen molar-refractivity contribution in [3.63, 3.8) is 0 Å². The van der Waals surface area contributed by atoms with Gasteiger partial charge >= 0.3 is 6.09 Å². The molecule has 1 aliphatic heterocycles. The Hall–Kier alpha value is -2.26. The van der Waals surface area contributed by atoms with Gasteiger partial charge in [-0.3, -0.25) is 4.79 Å². The Morgan fingerprint density at radius 2 is 2.13 bits per heavy atom. The second-order valence-electron chi connectivity index (χ2n) is 7.80. The molecule has 1 saturated carbocycles. The number of aromatic nitrogens is 2. The van der Waals surface area contributed by atoms with Gasteiger partial charge in [-0.25, -0.2) is 14.8 Å². The molecule has 9 heteroatoms. The molecule has 1 aliphatic carbocycles. The van der Waals surface area contributed by atoms with Gasteiger partial charge in [-0.05, 0) is 45.1 Å².